The van der Waals surface area contributed by atoms with Gasteiger partial charge in [-0.3, -0.25) is 4.79 Å². The fourth-order valence-electron chi connectivity index (χ4n) is 2.96. The molecule has 7 nitrogen and oxygen atoms in total. The van der Waals surface area contributed by atoms with Gasteiger partial charge in [0.25, 0.3) is 5.91 Å². The van der Waals surface area contributed by atoms with Crippen LogP contribution in [0.4, 0.5) is 0 Å². The molecule has 0 aliphatic carbocycles. The van der Waals surface area contributed by atoms with Crippen molar-refractivity contribution in [3.63, 3.8) is 0 Å². The van der Waals surface area contributed by atoms with Crippen molar-refractivity contribution in [3.8, 4) is 5.75 Å². The molecule has 0 atom stereocenters. The lowest BCUT2D eigenvalue weighted by molar-refractivity contribution is -0.134. The van der Waals surface area contributed by atoms with Crippen LogP contribution < -0.4 is 4.74 Å². The maximum atomic E-state index is 12.6. The molecule has 1 saturated heterocycles. The molecule has 0 spiro atoms. The smallest absolute Gasteiger partial charge is 0.260 e. The zero-order valence-electron chi connectivity index (χ0n) is 15.1. The maximum absolute atomic E-state index is 12.6. The van der Waals surface area contributed by atoms with E-state index < -0.39 is 10.0 Å². The minimum atomic E-state index is -3.55. The number of carbonyl (C=O) groups excluding carboxylic acids is 1. The molecule has 1 aliphatic rings. The van der Waals surface area contributed by atoms with Crippen LogP contribution in [0, 0.1) is 0 Å². The van der Waals surface area contributed by atoms with Gasteiger partial charge in [0.2, 0.25) is 10.0 Å². The third-order valence-electron chi connectivity index (χ3n) is 4.52. The number of aliphatic hydroxyl groups is 1. The zero-order valence-corrected chi connectivity index (χ0v) is 17.5. The van der Waals surface area contributed by atoms with E-state index in [4.69, 9.17) is 4.74 Å². The number of benzene rings is 2. The number of aliphatic hydroxyl groups excluding tert-OH is 1. The summed E-state index contributed by atoms with van der Waals surface area (Å²) >= 11 is 3.32. The minimum Gasteiger partial charge on any atom is -0.483 e. The number of amides is 1. The van der Waals surface area contributed by atoms with E-state index in [2.05, 4.69) is 15.9 Å². The van der Waals surface area contributed by atoms with Gasteiger partial charge < -0.3 is 14.7 Å². The summed E-state index contributed by atoms with van der Waals surface area (Å²) in [6, 6.07) is 13.5. The third kappa shape index (κ3) is 4.72. The van der Waals surface area contributed by atoms with Crippen LogP contribution in [0.25, 0.3) is 0 Å². The van der Waals surface area contributed by atoms with Gasteiger partial charge >= 0.3 is 0 Å². The Bertz CT molecular complexity index is 929. The predicted molar refractivity (Wildman–Crippen MR) is 107 cm³/mol. The molecule has 150 valence electrons. The van der Waals surface area contributed by atoms with Crippen LogP contribution in [0.3, 0.4) is 0 Å². The largest absolute Gasteiger partial charge is 0.483 e. The number of rotatable bonds is 6. The van der Waals surface area contributed by atoms with E-state index in [9.17, 15) is 18.3 Å². The molecule has 0 radical (unpaired) electrons. The molecule has 2 aromatic carbocycles. The molecule has 1 amide bonds. The number of halogens is 1. The Morgan fingerprint density at radius 1 is 1.07 bits per heavy atom. The first-order valence-corrected chi connectivity index (χ1v) is 11.0. The normalized spacial score (nSPS) is 15.4. The SMILES string of the molecule is O=C(COc1ccc(Br)cc1CO)N1CCN(S(=O)(=O)c2ccccc2)CC1. The van der Waals surface area contributed by atoms with Crippen molar-refractivity contribution in [2.24, 2.45) is 0 Å². The van der Waals surface area contributed by atoms with Gasteiger partial charge in [-0.15, -0.1) is 0 Å². The van der Waals surface area contributed by atoms with E-state index in [0.29, 0.717) is 24.4 Å². The van der Waals surface area contributed by atoms with Crippen molar-refractivity contribution in [1.29, 1.82) is 0 Å². The maximum Gasteiger partial charge on any atom is 0.260 e. The lowest BCUT2D eigenvalue weighted by atomic mass is 10.2. The second kappa shape index (κ2) is 9.04. The highest BCUT2D eigenvalue weighted by atomic mass is 79.9. The van der Waals surface area contributed by atoms with Crippen molar-refractivity contribution < 1.29 is 23.1 Å². The van der Waals surface area contributed by atoms with Crippen molar-refractivity contribution in [1.82, 2.24) is 9.21 Å². The van der Waals surface area contributed by atoms with Crippen LogP contribution >= 0.6 is 15.9 Å². The van der Waals surface area contributed by atoms with Gasteiger partial charge in [-0.1, -0.05) is 34.1 Å². The molecule has 1 N–H and O–H groups in total. The van der Waals surface area contributed by atoms with Gasteiger partial charge in [-0.2, -0.15) is 4.31 Å². The monoisotopic (exact) mass is 468 g/mol. The first-order valence-electron chi connectivity index (χ1n) is 8.77. The van der Waals surface area contributed by atoms with Crippen molar-refractivity contribution in [2.75, 3.05) is 32.8 Å². The van der Waals surface area contributed by atoms with Crippen LogP contribution in [0.1, 0.15) is 5.56 Å². The predicted octanol–water partition coefficient (Wildman–Crippen LogP) is 1.85. The van der Waals surface area contributed by atoms with Crippen LogP contribution in [0.2, 0.25) is 0 Å². The molecule has 0 saturated carbocycles. The van der Waals surface area contributed by atoms with E-state index in [0.717, 1.165) is 4.47 Å². The first-order chi connectivity index (χ1) is 13.4. The Labute approximate surface area is 172 Å². The molecule has 0 bridgehead atoms. The number of hydrogen-bond acceptors (Lipinski definition) is 5. The summed E-state index contributed by atoms with van der Waals surface area (Å²) in [6.07, 6.45) is 0. The van der Waals surface area contributed by atoms with E-state index in [1.54, 1.807) is 53.4 Å². The molecule has 0 unspecified atom stereocenters. The fourth-order valence-corrected chi connectivity index (χ4v) is 4.81. The Morgan fingerprint density at radius 3 is 2.39 bits per heavy atom. The Hall–Kier alpha value is -1.94. The lowest BCUT2D eigenvalue weighted by Gasteiger charge is -2.34. The zero-order chi connectivity index (χ0) is 20.1. The summed E-state index contributed by atoms with van der Waals surface area (Å²) in [5.74, 6) is 0.230. The molecule has 1 aliphatic heterocycles. The number of ether oxygens (including phenoxy) is 1. The number of hydrogen-bond donors (Lipinski definition) is 1. The lowest BCUT2D eigenvalue weighted by Crippen LogP contribution is -2.51. The van der Waals surface area contributed by atoms with E-state index in [-0.39, 0.29) is 37.1 Å². The molecule has 0 aromatic heterocycles. The minimum absolute atomic E-state index is 0.167. The van der Waals surface area contributed by atoms with E-state index >= 15 is 0 Å². The molecule has 1 fully saturated rings. The number of sulfonamides is 1. The van der Waals surface area contributed by atoms with Crippen molar-refractivity contribution >= 4 is 31.9 Å². The van der Waals surface area contributed by atoms with Crippen molar-refractivity contribution in [3.05, 3.63) is 58.6 Å². The quantitative estimate of drug-likeness (QED) is 0.698. The van der Waals surface area contributed by atoms with Gasteiger partial charge in [0.1, 0.15) is 5.75 Å². The summed E-state index contributed by atoms with van der Waals surface area (Å²) in [7, 11) is -3.55. The van der Waals surface area contributed by atoms with Crippen LogP contribution in [-0.2, 0) is 21.4 Å². The first kappa shape index (κ1) is 20.8. The molecular formula is C19H21BrN2O5S. The molecule has 3 rings (SSSR count). The number of carbonyl (C=O) groups is 1. The average Bonchev–Trinajstić information content (AvgIpc) is 2.73. The fraction of sp³-hybridized carbons (Fsp3) is 0.316. The Morgan fingerprint density at radius 2 is 1.75 bits per heavy atom. The third-order valence-corrected chi connectivity index (χ3v) is 6.92. The molecule has 9 heteroatoms. The van der Waals surface area contributed by atoms with Gasteiger partial charge in [0.05, 0.1) is 11.5 Å². The molecule has 28 heavy (non-hydrogen) atoms. The summed E-state index contributed by atoms with van der Waals surface area (Å²) in [5, 5.41) is 9.40. The van der Waals surface area contributed by atoms with Gasteiger partial charge in [-0.05, 0) is 30.3 Å². The highest BCUT2D eigenvalue weighted by molar-refractivity contribution is 9.10. The molecule has 2 aromatic rings. The topological polar surface area (TPSA) is 87.2 Å². The van der Waals surface area contributed by atoms with Crippen molar-refractivity contribution in [2.45, 2.75) is 11.5 Å². The summed E-state index contributed by atoms with van der Waals surface area (Å²) in [6.45, 7) is 0.730. The van der Waals surface area contributed by atoms with E-state index in [1.165, 1.54) is 4.31 Å². The molecular weight excluding hydrogens is 448 g/mol. The number of piperazine rings is 1. The summed E-state index contributed by atoms with van der Waals surface area (Å²) < 4.78 is 33.0. The second-order valence-corrected chi connectivity index (χ2v) is 9.15. The van der Waals surface area contributed by atoms with Crippen LogP contribution in [0.15, 0.2) is 57.9 Å². The molecule has 1 heterocycles. The average molecular weight is 469 g/mol. The summed E-state index contributed by atoms with van der Waals surface area (Å²) in [5.41, 5.74) is 0.584. The Balaban J connectivity index is 1.56. The van der Waals surface area contributed by atoms with E-state index in [1.807, 2.05) is 0 Å². The number of nitrogens with zero attached hydrogens (tertiary/aromatic N) is 2. The Kier molecular flexibility index (Phi) is 6.71. The summed E-state index contributed by atoms with van der Waals surface area (Å²) in [4.78, 5) is 14.3. The van der Waals surface area contributed by atoms with Gasteiger partial charge in [0, 0.05) is 36.2 Å². The highest BCUT2D eigenvalue weighted by Crippen LogP contribution is 2.23. The standard InChI is InChI=1S/C19H21BrN2O5S/c20-16-6-7-18(15(12-16)13-23)27-14-19(24)21-8-10-22(11-9-21)28(25,26)17-4-2-1-3-5-17/h1-7,12,23H,8-11,13-14H2. The highest BCUT2D eigenvalue weighted by Gasteiger charge is 2.30. The van der Waals surface area contributed by atoms with Gasteiger partial charge in [0.15, 0.2) is 6.61 Å². The van der Waals surface area contributed by atoms with Crippen LogP contribution in [-0.4, -0.2) is 61.4 Å². The second-order valence-electron chi connectivity index (χ2n) is 6.30. The van der Waals surface area contributed by atoms with Gasteiger partial charge in [-0.25, -0.2) is 8.42 Å². The van der Waals surface area contributed by atoms with Crippen LogP contribution in [0.5, 0.6) is 5.75 Å².